The molecule has 0 radical (unpaired) electrons. The van der Waals surface area contributed by atoms with Crippen LogP contribution < -0.4 is 10.0 Å². The van der Waals surface area contributed by atoms with E-state index in [1.54, 1.807) is 30.3 Å². The van der Waals surface area contributed by atoms with Gasteiger partial charge in [0, 0.05) is 11.2 Å². The molecule has 0 saturated heterocycles. The van der Waals surface area contributed by atoms with Crippen LogP contribution in [0.2, 0.25) is 0 Å². The van der Waals surface area contributed by atoms with Gasteiger partial charge in [0.15, 0.2) is 0 Å². The number of para-hydroxylation sites is 1. The molecule has 1 aromatic rings. The van der Waals surface area contributed by atoms with Crippen molar-refractivity contribution >= 4 is 24.2 Å². The lowest BCUT2D eigenvalue weighted by Crippen LogP contribution is -2.35. The highest BCUT2D eigenvalue weighted by atomic mass is 35.7. The predicted molar refractivity (Wildman–Crippen MR) is 89.3 cm³/mol. The number of halogens is 1. The molecule has 23 heavy (non-hydrogen) atoms. The zero-order valence-electron chi connectivity index (χ0n) is 13.4. The second-order valence-electron chi connectivity index (χ2n) is 4.99. The third kappa shape index (κ3) is 8.96. The van der Waals surface area contributed by atoms with Gasteiger partial charge in [0.25, 0.3) is 0 Å². The monoisotopic (exact) mass is 363 g/mol. The summed E-state index contributed by atoms with van der Waals surface area (Å²) in [6.07, 6.45) is 4.25. The molecule has 130 valence electrons. The summed E-state index contributed by atoms with van der Waals surface area (Å²) in [6, 6.07) is 7.44. The second-order valence-corrected chi connectivity index (χ2v) is 7.46. The number of carbonyl (C=O) groups excluding carboxylic acids is 1. The normalized spacial score (nSPS) is 14.7. The zero-order chi connectivity index (χ0) is 17.1. The van der Waals surface area contributed by atoms with Gasteiger partial charge in [0.05, 0.1) is 6.61 Å². The fourth-order valence-electron chi connectivity index (χ4n) is 1.65. The molecule has 0 aliphatic rings. The fraction of sp³-hybridized carbons (Fsp3) is 0.533. The van der Waals surface area contributed by atoms with E-state index in [2.05, 4.69) is 12.4 Å². The third-order valence-electron chi connectivity index (χ3n) is 2.87. The first kappa shape index (κ1) is 20.0. The van der Waals surface area contributed by atoms with Crippen molar-refractivity contribution in [3.63, 3.8) is 0 Å². The minimum atomic E-state index is -4.05. The van der Waals surface area contributed by atoms with Crippen LogP contribution >= 0.6 is 18.2 Å². The second kappa shape index (κ2) is 10.7. The standard InChI is InChI=1S/C15H23ClNO5P/c1-3-4-5-9-12-20-17-13(2)15(18)22-23(16,19)21-14-10-7-6-8-11-14/h6-8,10-11,13,17H,3-5,9,12H2,1-2H3/t13-,23?/m0/s1. The van der Waals surface area contributed by atoms with Gasteiger partial charge in [-0.15, -0.1) is 0 Å². The summed E-state index contributed by atoms with van der Waals surface area (Å²) < 4.78 is 21.7. The zero-order valence-corrected chi connectivity index (χ0v) is 15.0. The van der Waals surface area contributed by atoms with Crippen LogP contribution in [-0.4, -0.2) is 18.6 Å². The molecule has 6 nitrogen and oxygen atoms in total. The summed E-state index contributed by atoms with van der Waals surface area (Å²) >= 11 is 5.65. The van der Waals surface area contributed by atoms with Gasteiger partial charge in [-0.25, -0.2) is 9.36 Å². The maximum atomic E-state index is 12.0. The molecule has 0 spiro atoms. The van der Waals surface area contributed by atoms with Gasteiger partial charge >= 0.3 is 12.9 Å². The summed E-state index contributed by atoms with van der Waals surface area (Å²) in [6.45, 7) is 0.0774. The molecule has 0 saturated carbocycles. The highest BCUT2D eigenvalue weighted by molar-refractivity contribution is 7.82. The van der Waals surface area contributed by atoms with E-state index in [9.17, 15) is 9.36 Å². The topological polar surface area (TPSA) is 73.9 Å². The van der Waals surface area contributed by atoms with Crippen LogP contribution in [0.5, 0.6) is 5.75 Å². The van der Waals surface area contributed by atoms with Gasteiger partial charge in [0.2, 0.25) is 0 Å². The van der Waals surface area contributed by atoms with Gasteiger partial charge in [-0.05, 0) is 25.5 Å². The highest BCUT2D eigenvalue weighted by Gasteiger charge is 2.30. The van der Waals surface area contributed by atoms with Crippen molar-refractivity contribution in [2.45, 2.75) is 45.6 Å². The van der Waals surface area contributed by atoms with Crippen LogP contribution in [0.3, 0.4) is 0 Å². The molecule has 2 atom stereocenters. The number of unbranched alkanes of at least 4 members (excludes halogenated alkanes) is 3. The molecule has 0 bridgehead atoms. The highest BCUT2D eigenvalue weighted by Crippen LogP contribution is 2.53. The van der Waals surface area contributed by atoms with Crippen molar-refractivity contribution in [1.82, 2.24) is 5.48 Å². The minimum Gasteiger partial charge on any atom is -0.405 e. The first-order valence-corrected chi connectivity index (χ1v) is 10.0. The number of carbonyl (C=O) groups is 1. The summed E-state index contributed by atoms with van der Waals surface area (Å²) in [5.74, 6) is -0.556. The van der Waals surface area contributed by atoms with E-state index in [4.69, 9.17) is 25.1 Å². The van der Waals surface area contributed by atoms with E-state index in [1.165, 1.54) is 6.92 Å². The molecule has 1 unspecified atom stereocenters. The van der Waals surface area contributed by atoms with Crippen molar-refractivity contribution < 1.29 is 23.2 Å². The number of benzene rings is 1. The number of rotatable bonds is 11. The average molecular weight is 364 g/mol. The molecular weight excluding hydrogens is 341 g/mol. The van der Waals surface area contributed by atoms with Crippen LogP contribution in [0.25, 0.3) is 0 Å². The lowest BCUT2D eigenvalue weighted by atomic mass is 10.2. The van der Waals surface area contributed by atoms with Gasteiger partial charge in [-0.3, -0.25) is 0 Å². The van der Waals surface area contributed by atoms with Crippen molar-refractivity contribution in [3.05, 3.63) is 30.3 Å². The Bertz CT molecular complexity index is 514. The van der Waals surface area contributed by atoms with E-state index in [1.807, 2.05) is 0 Å². The lowest BCUT2D eigenvalue weighted by molar-refractivity contribution is -0.140. The molecule has 1 N–H and O–H groups in total. The van der Waals surface area contributed by atoms with E-state index >= 15 is 0 Å². The molecule has 8 heteroatoms. The van der Waals surface area contributed by atoms with Crippen molar-refractivity contribution in [1.29, 1.82) is 0 Å². The first-order valence-electron chi connectivity index (χ1n) is 7.59. The Morgan fingerprint density at radius 1 is 1.26 bits per heavy atom. The average Bonchev–Trinajstić information content (AvgIpc) is 2.50. The summed E-state index contributed by atoms with van der Waals surface area (Å²) in [5.41, 5.74) is 2.54. The third-order valence-corrected chi connectivity index (χ3v) is 4.11. The van der Waals surface area contributed by atoms with Gasteiger partial charge in [-0.1, -0.05) is 44.4 Å². The van der Waals surface area contributed by atoms with Gasteiger partial charge < -0.3 is 13.9 Å². The summed E-state index contributed by atoms with van der Waals surface area (Å²) in [4.78, 5) is 17.0. The van der Waals surface area contributed by atoms with Gasteiger partial charge in [0.1, 0.15) is 11.8 Å². The Morgan fingerprint density at radius 2 is 1.96 bits per heavy atom. The van der Waals surface area contributed by atoms with Crippen LogP contribution in [0.15, 0.2) is 30.3 Å². The Labute approximate surface area is 141 Å². The van der Waals surface area contributed by atoms with Crippen LogP contribution in [0.4, 0.5) is 0 Å². The number of hydrogen-bond acceptors (Lipinski definition) is 6. The van der Waals surface area contributed by atoms with E-state index in [0.717, 1.165) is 25.7 Å². The smallest absolute Gasteiger partial charge is 0.405 e. The molecule has 0 amide bonds. The molecule has 0 aromatic heterocycles. The molecule has 0 heterocycles. The SMILES string of the molecule is CCCCCCON[C@@H](C)C(=O)OP(=O)(Cl)Oc1ccccc1. The molecular formula is C15H23ClNO5P. The molecule has 0 aliphatic carbocycles. The van der Waals surface area contributed by atoms with Crippen molar-refractivity contribution in [3.8, 4) is 5.75 Å². The lowest BCUT2D eigenvalue weighted by Gasteiger charge is -2.16. The van der Waals surface area contributed by atoms with E-state index in [0.29, 0.717) is 6.61 Å². The Balaban J connectivity index is 2.31. The molecule has 0 aliphatic heterocycles. The quantitative estimate of drug-likeness (QED) is 0.356. The number of hydroxylamine groups is 1. The van der Waals surface area contributed by atoms with Crippen LogP contribution in [0, 0.1) is 0 Å². The van der Waals surface area contributed by atoms with Crippen molar-refractivity contribution in [2.75, 3.05) is 6.61 Å². The fourth-order valence-corrected chi connectivity index (χ4v) is 2.87. The van der Waals surface area contributed by atoms with E-state index in [-0.39, 0.29) is 5.75 Å². The maximum Gasteiger partial charge on any atom is 0.532 e. The molecule has 0 fully saturated rings. The largest absolute Gasteiger partial charge is 0.532 e. The predicted octanol–water partition coefficient (Wildman–Crippen LogP) is 4.45. The molecule has 1 aromatic carbocycles. The number of hydrogen-bond donors (Lipinski definition) is 1. The number of nitrogens with one attached hydrogen (secondary N) is 1. The molecule has 1 rings (SSSR count). The minimum absolute atomic E-state index is 0.256. The first-order chi connectivity index (χ1) is 10.9. The van der Waals surface area contributed by atoms with Crippen LogP contribution in [0.1, 0.15) is 39.5 Å². The Morgan fingerprint density at radius 3 is 2.61 bits per heavy atom. The summed E-state index contributed by atoms with van der Waals surface area (Å²) in [7, 11) is 0. The van der Waals surface area contributed by atoms with Crippen LogP contribution in [-0.2, 0) is 18.7 Å². The summed E-state index contributed by atoms with van der Waals surface area (Å²) in [5, 5.41) is 0. The van der Waals surface area contributed by atoms with E-state index < -0.39 is 19.0 Å². The maximum absolute atomic E-state index is 12.0. The Kier molecular flexibility index (Phi) is 9.26. The van der Waals surface area contributed by atoms with Crippen molar-refractivity contribution in [2.24, 2.45) is 0 Å². The van der Waals surface area contributed by atoms with Gasteiger partial charge in [-0.2, -0.15) is 5.48 Å². The Hall–Kier alpha value is -1.07.